The van der Waals surface area contributed by atoms with Crippen molar-refractivity contribution in [2.24, 2.45) is 0 Å². The highest BCUT2D eigenvalue weighted by Gasteiger charge is 2.26. The average Bonchev–Trinajstić information content (AvgIpc) is 2.60. The van der Waals surface area contributed by atoms with Crippen LogP contribution in [0.2, 0.25) is 5.02 Å². The second-order valence-corrected chi connectivity index (χ2v) is 5.95. The smallest absolute Gasteiger partial charge is 0.288 e. The lowest BCUT2D eigenvalue weighted by Crippen LogP contribution is -2.40. The molecule has 0 heterocycles. The van der Waals surface area contributed by atoms with Gasteiger partial charge in [-0.15, -0.1) is 0 Å². The lowest BCUT2D eigenvalue weighted by atomic mass is 10.1. The Hall–Kier alpha value is -2.47. The fourth-order valence-electron chi connectivity index (χ4n) is 2.67. The molecule has 25 heavy (non-hydrogen) atoms. The third-order valence-corrected chi connectivity index (χ3v) is 4.34. The standard InChI is InChI=1S/C18H18ClFN2O3/c1-3-14(4-2)21(15-8-6-13(20)7-9-15)18(23)12-5-10-16(19)17(11-12)22(24)25/h5-11,14H,3-4H2,1-2H3. The Morgan fingerprint density at radius 1 is 1.20 bits per heavy atom. The predicted molar refractivity (Wildman–Crippen MR) is 95.7 cm³/mol. The first-order chi connectivity index (χ1) is 11.9. The van der Waals surface area contributed by atoms with Gasteiger partial charge in [-0.2, -0.15) is 0 Å². The van der Waals surface area contributed by atoms with Crippen LogP contribution in [0.1, 0.15) is 37.0 Å². The zero-order valence-corrected chi connectivity index (χ0v) is 14.7. The molecule has 0 aliphatic heterocycles. The van der Waals surface area contributed by atoms with Gasteiger partial charge >= 0.3 is 0 Å². The van der Waals surface area contributed by atoms with Crippen molar-refractivity contribution in [2.75, 3.05) is 4.90 Å². The van der Waals surface area contributed by atoms with Crippen molar-refractivity contribution in [1.29, 1.82) is 0 Å². The van der Waals surface area contributed by atoms with E-state index in [1.165, 1.54) is 42.5 Å². The lowest BCUT2D eigenvalue weighted by Gasteiger charge is -2.31. The second kappa shape index (κ2) is 8.07. The van der Waals surface area contributed by atoms with E-state index >= 15 is 0 Å². The summed E-state index contributed by atoms with van der Waals surface area (Å²) in [6.07, 6.45) is 1.38. The normalized spacial score (nSPS) is 10.8. The van der Waals surface area contributed by atoms with Crippen molar-refractivity contribution >= 4 is 28.9 Å². The fourth-order valence-corrected chi connectivity index (χ4v) is 2.86. The molecule has 1 amide bonds. The van der Waals surface area contributed by atoms with E-state index in [4.69, 9.17) is 11.6 Å². The van der Waals surface area contributed by atoms with Gasteiger partial charge in [-0.3, -0.25) is 14.9 Å². The molecule has 0 aliphatic rings. The summed E-state index contributed by atoms with van der Waals surface area (Å²) in [7, 11) is 0. The summed E-state index contributed by atoms with van der Waals surface area (Å²) in [5, 5.41) is 11.0. The van der Waals surface area contributed by atoms with Crippen molar-refractivity contribution in [3.05, 3.63) is 69.0 Å². The molecule has 0 aromatic heterocycles. The van der Waals surface area contributed by atoms with Crippen LogP contribution >= 0.6 is 11.6 Å². The molecule has 0 saturated carbocycles. The van der Waals surface area contributed by atoms with Crippen LogP contribution in [0.15, 0.2) is 42.5 Å². The largest absolute Gasteiger partial charge is 0.305 e. The maximum Gasteiger partial charge on any atom is 0.288 e. The van der Waals surface area contributed by atoms with E-state index in [-0.39, 0.29) is 28.2 Å². The van der Waals surface area contributed by atoms with Crippen LogP contribution in [0.3, 0.4) is 0 Å². The van der Waals surface area contributed by atoms with E-state index in [2.05, 4.69) is 0 Å². The van der Waals surface area contributed by atoms with Gasteiger partial charge in [0, 0.05) is 23.4 Å². The Kier molecular flexibility index (Phi) is 6.09. The molecule has 2 aromatic carbocycles. The molecule has 0 unspecified atom stereocenters. The van der Waals surface area contributed by atoms with Crippen LogP contribution in [0.5, 0.6) is 0 Å². The van der Waals surface area contributed by atoms with Crippen LogP contribution in [0.25, 0.3) is 0 Å². The molecule has 0 atom stereocenters. The number of hydrogen-bond acceptors (Lipinski definition) is 3. The zero-order chi connectivity index (χ0) is 18.6. The molecule has 0 bridgehead atoms. The highest BCUT2D eigenvalue weighted by molar-refractivity contribution is 6.32. The third kappa shape index (κ3) is 4.14. The van der Waals surface area contributed by atoms with Gasteiger partial charge in [0.05, 0.1) is 4.92 Å². The van der Waals surface area contributed by atoms with Gasteiger partial charge in [0.15, 0.2) is 0 Å². The summed E-state index contributed by atoms with van der Waals surface area (Å²) in [5.41, 5.74) is 0.376. The number of benzene rings is 2. The second-order valence-electron chi connectivity index (χ2n) is 5.55. The Morgan fingerprint density at radius 2 is 1.80 bits per heavy atom. The number of nitro groups is 1. The van der Waals surface area contributed by atoms with E-state index in [0.29, 0.717) is 18.5 Å². The minimum absolute atomic E-state index is 0.0302. The molecule has 0 aliphatic carbocycles. The number of carbonyl (C=O) groups is 1. The van der Waals surface area contributed by atoms with E-state index in [1.807, 2.05) is 13.8 Å². The summed E-state index contributed by atoms with van der Waals surface area (Å²) in [6.45, 7) is 3.89. The molecule has 2 aromatic rings. The predicted octanol–water partition coefficient (Wildman–Crippen LogP) is 5.22. The lowest BCUT2D eigenvalue weighted by molar-refractivity contribution is -0.384. The van der Waals surface area contributed by atoms with Crippen LogP contribution in [-0.2, 0) is 0 Å². The van der Waals surface area contributed by atoms with Crippen molar-refractivity contribution in [3.8, 4) is 0 Å². The van der Waals surface area contributed by atoms with Crippen molar-refractivity contribution in [2.45, 2.75) is 32.7 Å². The summed E-state index contributed by atoms with van der Waals surface area (Å²) < 4.78 is 13.2. The maximum atomic E-state index is 13.2. The number of halogens is 2. The first-order valence-corrected chi connectivity index (χ1v) is 8.29. The molecule has 0 spiro atoms. The van der Waals surface area contributed by atoms with E-state index < -0.39 is 10.7 Å². The molecular weight excluding hydrogens is 347 g/mol. The SMILES string of the molecule is CCC(CC)N(C(=O)c1ccc(Cl)c([N+](=O)[O-])c1)c1ccc(F)cc1. The first kappa shape index (κ1) is 18.9. The van der Waals surface area contributed by atoms with Crippen LogP contribution in [0, 0.1) is 15.9 Å². The van der Waals surface area contributed by atoms with Crippen molar-refractivity contribution < 1.29 is 14.1 Å². The van der Waals surface area contributed by atoms with Gasteiger partial charge in [0.25, 0.3) is 11.6 Å². The Morgan fingerprint density at radius 3 is 2.32 bits per heavy atom. The monoisotopic (exact) mass is 364 g/mol. The molecule has 0 saturated heterocycles. The van der Waals surface area contributed by atoms with Crippen LogP contribution in [0.4, 0.5) is 15.8 Å². The molecule has 5 nitrogen and oxygen atoms in total. The van der Waals surface area contributed by atoms with Gasteiger partial charge in [-0.1, -0.05) is 25.4 Å². The van der Waals surface area contributed by atoms with E-state index in [1.54, 1.807) is 4.90 Å². The minimum Gasteiger partial charge on any atom is -0.305 e. The highest BCUT2D eigenvalue weighted by Crippen LogP contribution is 2.28. The molecule has 2 rings (SSSR count). The quantitative estimate of drug-likeness (QED) is 0.521. The number of nitrogens with zero attached hydrogens (tertiary/aromatic N) is 2. The molecule has 0 fully saturated rings. The Labute approximate surface area is 150 Å². The summed E-state index contributed by atoms with van der Waals surface area (Å²) in [5.74, 6) is -0.789. The summed E-state index contributed by atoms with van der Waals surface area (Å²) in [4.78, 5) is 25.0. The number of amides is 1. The van der Waals surface area contributed by atoms with E-state index in [9.17, 15) is 19.3 Å². The maximum absolute atomic E-state index is 13.2. The average molecular weight is 365 g/mol. The molecular formula is C18H18ClFN2O3. The number of anilines is 1. The Bertz CT molecular complexity index is 776. The number of carbonyl (C=O) groups excluding carboxylic acids is 1. The molecule has 7 heteroatoms. The van der Waals surface area contributed by atoms with Crippen molar-refractivity contribution in [3.63, 3.8) is 0 Å². The van der Waals surface area contributed by atoms with Gasteiger partial charge in [0.2, 0.25) is 0 Å². The minimum atomic E-state index is -0.627. The van der Waals surface area contributed by atoms with Crippen molar-refractivity contribution in [1.82, 2.24) is 0 Å². The van der Waals surface area contributed by atoms with Crippen LogP contribution in [-0.4, -0.2) is 16.9 Å². The topological polar surface area (TPSA) is 63.5 Å². The fraction of sp³-hybridized carbons (Fsp3) is 0.278. The number of nitro benzene ring substituents is 1. The van der Waals surface area contributed by atoms with Gasteiger partial charge in [-0.25, -0.2) is 4.39 Å². The Balaban J connectivity index is 2.50. The van der Waals surface area contributed by atoms with Gasteiger partial charge < -0.3 is 4.90 Å². The molecule has 132 valence electrons. The highest BCUT2D eigenvalue weighted by atomic mass is 35.5. The molecule has 0 radical (unpaired) electrons. The summed E-state index contributed by atoms with van der Waals surface area (Å²) >= 11 is 5.82. The van der Waals surface area contributed by atoms with Gasteiger partial charge in [0.1, 0.15) is 10.8 Å². The summed E-state index contributed by atoms with van der Waals surface area (Å²) in [6, 6.07) is 9.45. The van der Waals surface area contributed by atoms with Gasteiger partial charge in [-0.05, 0) is 49.2 Å². The molecule has 0 N–H and O–H groups in total. The number of rotatable bonds is 6. The zero-order valence-electron chi connectivity index (χ0n) is 13.9. The van der Waals surface area contributed by atoms with E-state index in [0.717, 1.165) is 0 Å². The van der Waals surface area contributed by atoms with Crippen LogP contribution < -0.4 is 4.90 Å². The first-order valence-electron chi connectivity index (χ1n) is 7.92. The number of hydrogen-bond donors (Lipinski definition) is 0. The third-order valence-electron chi connectivity index (χ3n) is 4.02.